The molecule has 1 N–H and O–H groups in total. The lowest BCUT2D eigenvalue weighted by atomic mass is 10.1. The lowest BCUT2D eigenvalue weighted by Gasteiger charge is -2.30. The highest BCUT2D eigenvalue weighted by Gasteiger charge is 2.25. The highest BCUT2D eigenvalue weighted by atomic mass is 16.3. The van der Waals surface area contributed by atoms with Crippen LogP contribution in [0.1, 0.15) is 63.7 Å². The third kappa shape index (κ3) is 4.33. The van der Waals surface area contributed by atoms with Crippen molar-refractivity contribution in [1.82, 2.24) is 10.2 Å². The third-order valence-electron chi connectivity index (χ3n) is 4.78. The second-order valence-electron chi connectivity index (χ2n) is 7.29. The standard InChI is InChI=1S/C18H30N2O/c1-14(2)12-20(17-5-3-4-6-17)13-18-15(9-10-21-18)11-19-16-7-8-16/h9-10,14,16-17,19H,3-8,11-13H2,1-2H3. The van der Waals surface area contributed by atoms with Crippen LogP contribution in [0.2, 0.25) is 0 Å². The second-order valence-corrected chi connectivity index (χ2v) is 7.29. The number of nitrogens with zero attached hydrogens (tertiary/aromatic N) is 1. The first-order valence-electron chi connectivity index (χ1n) is 8.75. The minimum atomic E-state index is 0.716. The molecule has 118 valence electrons. The Kier molecular flexibility index (Phi) is 5.02. The quantitative estimate of drug-likeness (QED) is 0.786. The highest BCUT2D eigenvalue weighted by Crippen LogP contribution is 2.27. The number of furan rings is 1. The van der Waals surface area contributed by atoms with Gasteiger partial charge in [-0.15, -0.1) is 0 Å². The summed E-state index contributed by atoms with van der Waals surface area (Å²) in [4.78, 5) is 2.66. The van der Waals surface area contributed by atoms with E-state index in [4.69, 9.17) is 4.42 Å². The molecule has 3 nitrogen and oxygen atoms in total. The van der Waals surface area contributed by atoms with Crippen LogP contribution in [0.4, 0.5) is 0 Å². The Morgan fingerprint density at radius 3 is 2.67 bits per heavy atom. The zero-order chi connectivity index (χ0) is 14.7. The predicted molar refractivity (Wildman–Crippen MR) is 86.1 cm³/mol. The van der Waals surface area contributed by atoms with E-state index in [1.54, 1.807) is 0 Å². The molecule has 2 saturated carbocycles. The second kappa shape index (κ2) is 6.97. The Labute approximate surface area is 129 Å². The van der Waals surface area contributed by atoms with Crippen LogP contribution >= 0.6 is 0 Å². The van der Waals surface area contributed by atoms with Crippen LogP contribution in [0.15, 0.2) is 16.7 Å². The Bertz CT molecular complexity index is 430. The van der Waals surface area contributed by atoms with E-state index in [-0.39, 0.29) is 0 Å². The van der Waals surface area contributed by atoms with Crippen LogP contribution in [0, 0.1) is 5.92 Å². The Balaban J connectivity index is 1.61. The Morgan fingerprint density at radius 2 is 2.00 bits per heavy atom. The molecule has 1 aromatic heterocycles. The molecular formula is C18H30N2O. The molecule has 1 aromatic rings. The van der Waals surface area contributed by atoms with Gasteiger partial charge in [0.25, 0.3) is 0 Å². The monoisotopic (exact) mass is 290 g/mol. The number of hydrogen-bond acceptors (Lipinski definition) is 3. The van der Waals surface area contributed by atoms with Crippen LogP contribution in [-0.2, 0) is 13.1 Å². The first-order chi connectivity index (χ1) is 10.2. The average Bonchev–Trinajstić information content (AvgIpc) is 2.95. The fourth-order valence-electron chi connectivity index (χ4n) is 3.47. The smallest absolute Gasteiger partial charge is 0.122 e. The summed E-state index contributed by atoms with van der Waals surface area (Å²) in [5, 5.41) is 3.60. The van der Waals surface area contributed by atoms with E-state index in [1.807, 2.05) is 6.26 Å². The molecule has 0 aliphatic heterocycles. The summed E-state index contributed by atoms with van der Waals surface area (Å²) >= 11 is 0. The van der Waals surface area contributed by atoms with E-state index in [1.165, 1.54) is 56.4 Å². The molecule has 0 bridgehead atoms. The SMILES string of the molecule is CC(C)CN(Cc1occc1CNC1CC1)C1CCCC1. The Morgan fingerprint density at radius 1 is 1.24 bits per heavy atom. The number of hydrogen-bond donors (Lipinski definition) is 1. The van der Waals surface area contributed by atoms with Crippen LogP contribution < -0.4 is 5.32 Å². The molecule has 2 aliphatic rings. The van der Waals surface area contributed by atoms with E-state index in [9.17, 15) is 0 Å². The van der Waals surface area contributed by atoms with Gasteiger partial charge in [-0.2, -0.15) is 0 Å². The molecule has 3 rings (SSSR count). The summed E-state index contributed by atoms with van der Waals surface area (Å²) < 4.78 is 5.81. The summed E-state index contributed by atoms with van der Waals surface area (Å²) in [6.45, 7) is 7.77. The van der Waals surface area contributed by atoms with Crippen molar-refractivity contribution in [3.8, 4) is 0 Å². The van der Waals surface area contributed by atoms with E-state index in [0.717, 1.165) is 25.2 Å². The van der Waals surface area contributed by atoms with Crippen molar-refractivity contribution in [3.63, 3.8) is 0 Å². The van der Waals surface area contributed by atoms with Gasteiger partial charge in [0.15, 0.2) is 0 Å². The van der Waals surface area contributed by atoms with Crippen LogP contribution in [0.25, 0.3) is 0 Å². The maximum Gasteiger partial charge on any atom is 0.122 e. The van der Waals surface area contributed by atoms with Gasteiger partial charge < -0.3 is 9.73 Å². The van der Waals surface area contributed by atoms with Gasteiger partial charge in [0, 0.05) is 30.7 Å². The van der Waals surface area contributed by atoms with Gasteiger partial charge in [0.1, 0.15) is 5.76 Å². The van der Waals surface area contributed by atoms with Gasteiger partial charge in [-0.1, -0.05) is 26.7 Å². The summed E-state index contributed by atoms with van der Waals surface area (Å²) in [7, 11) is 0. The number of rotatable bonds is 8. The fourth-order valence-corrected chi connectivity index (χ4v) is 3.47. The molecule has 0 unspecified atom stereocenters. The molecule has 1 heterocycles. The lowest BCUT2D eigenvalue weighted by molar-refractivity contribution is 0.156. The zero-order valence-corrected chi connectivity index (χ0v) is 13.6. The molecule has 2 fully saturated rings. The first-order valence-corrected chi connectivity index (χ1v) is 8.75. The maximum absolute atomic E-state index is 5.81. The summed E-state index contributed by atoms with van der Waals surface area (Å²) in [5.74, 6) is 1.89. The van der Waals surface area contributed by atoms with E-state index in [0.29, 0.717) is 5.92 Å². The van der Waals surface area contributed by atoms with Crippen LogP contribution in [0.3, 0.4) is 0 Å². The highest BCUT2D eigenvalue weighted by molar-refractivity contribution is 5.17. The van der Waals surface area contributed by atoms with Gasteiger partial charge >= 0.3 is 0 Å². The molecule has 3 heteroatoms. The summed E-state index contributed by atoms with van der Waals surface area (Å²) in [5.41, 5.74) is 1.36. The average molecular weight is 290 g/mol. The number of nitrogens with one attached hydrogen (secondary N) is 1. The molecule has 21 heavy (non-hydrogen) atoms. The molecular weight excluding hydrogens is 260 g/mol. The molecule has 0 aromatic carbocycles. The van der Waals surface area contributed by atoms with Crippen molar-refractivity contribution in [2.45, 2.75) is 77.5 Å². The van der Waals surface area contributed by atoms with E-state index in [2.05, 4.69) is 30.1 Å². The summed E-state index contributed by atoms with van der Waals surface area (Å²) in [6, 6.07) is 3.67. The van der Waals surface area contributed by atoms with E-state index >= 15 is 0 Å². The maximum atomic E-state index is 5.81. The Hall–Kier alpha value is -0.800. The molecule has 0 spiro atoms. The first kappa shape index (κ1) is 15.1. The largest absolute Gasteiger partial charge is 0.468 e. The third-order valence-corrected chi connectivity index (χ3v) is 4.78. The zero-order valence-electron chi connectivity index (χ0n) is 13.6. The van der Waals surface area contributed by atoms with Gasteiger partial charge in [0.05, 0.1) is 12.8 Å². The van der Waals surface area contributed by atoms with Crippen LogP contribution in [-0.4, -0.2) is 23.5 Å². The summed E-state index contributed by atoms with van der Waals surface area (Å²) in [6.07, 6.45) is 10.1. The van der Waals surface area contributed by atoms with Crippen molar-refractivity contribution < 1.29 is 4.42 Å². The molecule has 0 atom stereocenters. The van der Waals surface area contributed by atoms with Gasteiger partial charge in [-0.3, -0.25) is 4.90 Å². The van der Waals surface area contributed by atoms with Crippen molar-refractivity contribution in [3.05, 3.63) is 23.7 Å². The van der Waals surface area contributed by atoms with Crippen molar-refractivity contribution in [1.29, 1.82) is 0 Å². The van der Waals surface area contributed by atoms with E-state index < -0.39 is 0 Å². The molecule has 0 amide bonds. The van der Waals surface area contributed by atoms with Gasteiger partial charge in [-0.25, -0.2) is 0 Å². The van der Waals surface area contributed by atoms with Gasteiger partial charge in [0.2, 0.25) is 0 Å². The van der Waals surface area contributed by atoms with Gasteiger partial charge in [-0.05, 0) is 37.7 Å². The minimum Gasteiger partial charge on any atom is -0.468 e. The minimum absolute atomic E-state index is 0.716. The fraction of sp³-hybridized carbons (Fsp3) is 0.778. The molecule has 2 aliphatic carbocycles. The lowest BCUT2D eigenvalue weighted by Crippen LogP contribution is -2.36. The van der Waals surface area contributed by atoms with Crippen molar-refractivity contribution in [2.24, 2.45) is 5.92 Å². The van der Waals surface area contributed by atoms with Crippen molar-refractivity contribution >= 4 is 0 Å². The molecule has 0 saturated heterocycles. The van der Waals surface area contributed by atoms with Crippen molar-refractivity contribution in [2.75, 3.05) is 6.54 Å². The topological polar surface area (TPSA) is 28.4 Å². The molecule has 0 radical (unpaired) electrons. The van der Waals surface area contributed by atoms with Crippen LogP contribution in [0.5, 0.6) is 0 Å². The predicted octanol–water partition coefficient (Wildman–Crippen LogP) is 3.93. The normalized spacial score (nSPS) is 20.0.